The molecule has 1 aromatic carbocycles. The van der Waals surface area contributed by atoms with E-state index in [1.165, 1.54) is 0 Å². The van der Waals surface area contributed by atoms with Crippen molar-refractivity contribution in [2.45, 2.75) is 31.7 Å². The second-order valence-electron chi connectivity index (χ2n) is 7.40. The van der Waals surface area contributed by atoms with Gasteiger partial charge in [0, 0.05) is 19.6 Å². The van der Waals surface area contributed by atoms with Crippen LogP contribution in [0.3, 0.4) is 0 Å². The summed E-state index contributed by atoms with van der Waals surface area (Å²) < 4.78 is 0. The van der Waals surface area contributed by atoms with Crippen molar-refractivity contribution in [2.75, 3.05) is 26.2 Å². The summed E-state index contributed by atoms with van der Waals surface area (Å²) in [6.07, 6.45) is 5.47. The lowest BCUT2D eigenvalue weighted by atomic mass is 9.97. The van der Waals surface area contributed by atoms with Crippen LogP contribution in [-0.2, 0) is 4.79 Å². The van der Waals surface area contributed by atoms with Crippen molar-refractivity contribution in [1.29, 1.82) is 0 Å². The van der Waals surface area contributed by atoms with Crippen LogP contribution in [-0.4, -0.2) is 58.9 Å². The van der Waals surface area contributed by atoms with E-state index in [9.17, 15) is 9.59 Å². The van der Waals surface area contributed by atoms with Crippen molar-refractivity contribution >= 4 is 22.8 Å². The number of fused-ring (bicyclic) bond motifs is 1. The van der Waals surface area contributed by atoms with Gasteiger partial charge in [0.05, 0.1) is 23.3 Å². The smallest absolute Gasteiger partial charge is 0.274 e. The molecule has 0 saturated carbocycles. The molecule has 1 aromatic heterocycles. The fraction of sp³-hybridized carbons (Fsp3) is 0.500. The molecule has 0 aliphatic carbocycles. The van der Waals surface area contributed by atoms with E-state index in [2.05, 4.69) is 20.6 Å². The molecule has 2 N–H and O–H groups in total. The van der Waals surface area contributed by atoms with E-state index in [0.717, 1.165) is 49.8 Å². The Bertz CT molecular complexity index is 834. The molecule has 2 unspecified atom stereocenters. The molecule has 0 radical (unpaired) electrons. The quantitative estimate of drug-likeness (QED) is 0.852. The average Bonchev–Trinajstić information content (AvgIpc) is 3.26. The largest absolute Gasteiger partial charge is 0.354 e. The second kappa shape index (κ2) is 8.00. The molecule has 3 heterocycles. The van der Waals surface area contributed by atoms with Crippen LogP contribution >= 0.6 is 0 Å². The Kier molecular flexibility index (Phi) is 5.29. The second-order valence-corrected chi connectivity index (χ2v) is 7.40. The number of benzene rings is 1. The highest BCUT2D eigenvalue weighted by Crippen LogP contribution is 2.18. The first-order valence-electron chi connectivity index (χ1n) is 9.73. The molecule has 2 aromatic rings. The maximum absolute atomic E-state index is 12.9. The Morgan fingerprint density at radius 2 is 2.04 bits per heavy atom. The van der Waals surface area contributed by atoms with Crippen molar-refractivity contribution in [2.24, 2.45) is 5.92 Å². The zero-order valence-corrected chi connectivity index (χ0v) is 15.4. The number of nitrogens with one attached hydrogen (secondary N) is 2. The van der Waals surface area contributed by atoms with Gasteiger partial charge in [0.15, 0.2) is 0 Å². The number of para-hydroxylation sites is 2. The zero-order chi connectivity index (χ0) is 18.6. The van der Waals surface area contributed by atoms with Crippen LogP contribution in [0.15, 0.2) is 30.5 Å². The van der Waals surface area contributed by atoms with Crippen LogP contribution in [0.1, 0.15) is 36.2 Å². The predicted molar refractivity (Wildman–Crippen MR) is 102 cm³/mol. The van der Waals surface area contributed by atoms with E-state index >= 15 is 0 Å². The number of carbonyl (C=O) groups is 2. The van der Waals surface area contributed by atoms with E-state index in [-0.39, 0.29) is 23.8 Å². The Morgan fingerprint density at radius 3 is 2.85 bits per heavy atom. The molecule has 7 heteroatoms. The lowest BCUT2D eigenvalue weighted by Gasteiger charge is -2.32. The van der Waals surface area contributed by atoms with Crippen molar-refractivity contribution in [3.63, 3.8) is 0 Å². The fourth-order valence-electron chi connectivity index (χ4n) is 3.91. The SMILES string of the molecule is O=C(NCC1CCCN(C(=O)c2cnc3ccccc3n2)C1)C1CCCN1. The molecule has 2 aliphatic heterocycles. The summed E-state index contributed by atoms with van der Waals surface area (Å²) in [6.45, 7) is 2.90. The summed E-state index contributed by atoms with van der Waals surface area (Å²) in [6, 6.07) is 7.49. The lowest BCUT2D eigenvalue weighted by Crippen LogP contribution is -2.46. The zero-order valence-electron chi connectivity index (χ0n) is 15.4. The highest BCUT2D eigenvalue weighted by Gasteiger charge is 2.27. The molecule has 4 rings (SSSR count). The van der Waals surface area contributed by atoms with Gasteiger partial charge < -0.3 is 15.5 Å². The minimum Gasteiger partial charge on any atom is -0.354 e. The number of amides is 2. The van der Waals surface area contributed by atoms with Crippen LogP contribution < -0.4 is 10.6 Å². The molecule has 0 spiro atoms. The van der Waals surface area contributed by atoms with Gasteiger partial charge in [0.2, 0.25) is 5.91 Å². The van der Waals surface area contributed by atoms with Gasteiger partial charge in [-0.2, -0.15) is 0 Å². The van der Waals surface area contributed by atoms with Crippen molar-refractivity contribution in [1.82, 2.24) is 25.5 Å². The Balaban J connectivity index is 1.36. The Hall–Kier alpha value is -2.54. The Morgan fingerprint density at radius 1 is 1.19 bits per heavy atom. The number of piperidine rings is 1. The molecule has 2 atom stereocenters. The van der Waals surface area contributed by atoms with E-state index in [4.69, 9.17) is 0 Å². The molecule has 0 bridgehead atoms. The standard InChI is InChI=1S/C20H25N5O2/c26-19(17-8-3-9-21-17)23-11-14-5-4-10-25(13-14)20(27)18-12-22-15-6-1-2-7-16(15)24-18/h1-2,6-7,12,14,17,21H,3-5,8-11,13H2,(H,23,26). The molecular formula is C20H25N5O2. The molecular weight excluding hydrogens is 342 g/mol. The summed E-state index contributed by atoms with van der Waals surface area (Å²) in [5.41, 5.74) is 1.90. The number of likely N-dealkylation sites (tertiary alicyclic amines) is 1. The van der Waals surface area contributed by atoms with Gasteiger partial charge in [-0.3, -0.25) is 14.6 Å². The van der Waals surface area contributed by atoms with Gasteiger partial charge >= 0.3 is 0 Å². The number of rotatable bonds is 4. The van der Waals surface area contributed by atoms with Crippen LogP contribution in [0.25, 0.3) is 11.0 Å². The van der Waals surface area contributed by atoms with E-state index in [0.29, 0.717) is 18.8 Å². The van der Waals surface area contributed by atoms with Crippen LogP contribution in [0.4, 0.5) is 0 Å². The minimum atomic E-state index is -0.0817. The summed E-state index contributed by atoms with van der Waals surface area (Å²) in [5.74, 6) is 0.277. The van der Waals surface area contributed by atoms with Gasteiger partial charge in [0.1, 0.15) is 5.69 Å². The van der Waals surface area contributed by atoms with Crippen molar-refractivity contribution in [3.05, 3.63) is 36.2 Å². The number of hydrogen-bond donors (Lipinski definition) is 2. The maximum atomic E-state index is 12.9. The van der Waals surface area contributed by atoms with Gasteiger partial charge in [-0.15, -0.1) is 0 Å². The highest BCUT2D eigenvalue weighted by molar-refractivity contribution is 5.93. The molecule has 27 heavy (non-hydrogen) atoms. The monoisotopic (exact) mass is 367 g/mol. The first-order valence-corrected chi connectivity index (χ1v) is 9.73. The van der Waals surface area contributed by atoms with Crippen LogP contribution in [0.2, 0.25) is 0 Å². The first kappa shape index (κ1) is 17.9. The third kappa shape index (κ3) is 4.08. The number of carbonyl (C=O) groups excluding carboxylic acids is 2. The van der Waals surface area contributed by atoms with E-state index < -0.39 is 0 Å². The summed E-state index contributed by atoms with van der Waals surface area (Å²) in [4.78, 5) is 35.7. The molecule has 2 aliphatic rings. The topological polar surface area (TPSA) is 87.2 Å². The van der Waals surface area contributed by atoms with Gasteiger partial charge in [-0.1, -0.05) is 12.1 Å². The fourth-order valence-corrected chi connectivity index (χ4v) is 3.91. The summed E-state index contributed by atoms with van der Waals surface area (Å²) in [5, 5.41) is 6.27. The highest BCUT2D eigenvalue weighted by atomic mass is 16.2. The molecule has 2 amide bonds. The third-order valence-corrected chi connectivity index (χ3v) is 5.42. The van der Waals surface area contributed by atoms with Gasteiger partial charge in [-0.25, -0.2) is 4.98 Å². The Labute approximate surface area is 158 Å². The number of hydrogen-bond acceptors (Lipinski definition) is 5. The molecule has 7 nitrogen and oxygen atoms in total. The lowest BCUT2D eigenvalue weighted by molar-refractivity contribution is -0.123. The first-order chi connectivity index (χ1) is 13.2. The molecule has 142 valence electrons. The van der Waals surface area contributed by atoms with Crippen molar-refractivity contribution in [3.8, 4) is 0 Å². The van der Waals surface area contributed by atoms with Crippen LogP contribution in [0.5, 0.6) is 0 Å². The average molecular weight is 367 g/mol. The van der Waals surface area contributed by atoms with Gasteiger partial charge in [-0.05, 0) is 50.3 Å². The van der Waals surface area contributed by atoms with E-state index in [1.54, 1.807) is 6.20 Å². The van der Waals surface area contributed by atoms with Crippen molar-refractivity contribution < 1.29 is 9.59 Å². The number of nitrogens with zero attached hydrogens (tertiary/aromatic N) is 3. The van der Waals surface area contributed by atoms with Gasteiger partial charge in [0.25, 0.3) is 5.91 Å². The molecule has 2 fully saturated rings. The molecule has 2 saturated heterocycles. The number of aromatic nitrogens is 2. The normalized spacial score (nSPS) is 22.7. The minimum absolute atomic E-state index is 0.0563. The summed E-state index contributed by atoms with van der Waals surface area (Å²) >= 11 is 0. The maximum Gasteiger partial charge on any atom is 0.274 e. The van der Waals surface area contributed by atoms with E-state index in [1.807, 2.05) is 29.2 Å². The predicted octanol–water partition coefficient (Wildman–Crippen LogP) is 1.35. The summed E-state index contributed by atoms with van der Waals surface area (Å²) in [7, 11) is 0. The van der Waals surface area contributed by atoms with Crippen LogP contribution in [0, 0.1) is 5.92 Å². The third-order valence-electron chi connectivity index (χ3n) is 5.42.